The summed E-state index contributed by atoms with van der Waals surface area (Å²) >= 11 is 0. The van der Waals surface area contributed by atoms with Crippen molar-refractivity contribution in [2.45, 2.75) is 155 Å². The van der Waals surface area contributed by atoms with Crippen LogP contribution in [0.4, 0.5) is 9.59 Å². The van der Waals surface area contributed by atoms with Crippen molar-refractivity contribution in [2.75, 3.05) is 26.2 Å². The fourth-order valence-corrected chi connectivity index (χ4v) is 8.16. The van der Waals surface area contributed by atoms with Gasteiger partial charge in [0.15, 0.2) is 0 Å². The lowest BCUT2D eigenvalue weighted by Gasteiger charge is -2.57. The summed E-state index contributed by atoms with van der Waals surface area (Å²) in [6, 6.07) is -0.186. The third-order valence-electron chi connectivity index (χ3n) is 9.53. The molecule has 3 rings (SSSR count). The first-order valence-corrected chi connectivity index (χ1v) is 15.0. The molecule has 3 saturated heterocycles. The van der Waals surface area contributed by atoms with Crippen LogP contribution in [0.25, 0.3) is 0 Å². The maximum atomic E-state index is 13.4. The first-order chi connectivity index (χ1) is 17.1. The Morgan fingerprint density at radius 2 is 0.919 bits per heavy atom. The van der Waals surface area contributed by atoms with Crippen molar-refractivity contribution in [3.8, 4) is 0 Å². The number of piperidine rings is 2. The monoisotopic (exact) mass is 519 g/mol. The highest BCUT2D eigenvalue weighted by Crippen LogP contribution is 2.42. The molecular weight excluding hydrogens is 462 g/mol. The van der Waals surface area contributed by atoms with Crippen molar-refractivity contribution in [3.05, 3.63) is 0 Å². The number of likely N-dealkylation sites (tertiary alicyclic amines) is 2. The highest BCUT2D eigenvalue weighted by Gasteiger charge is 2.50. The molecule has 0 bridgehead atoms. The van der Waals surface area contributed by atoms with Crippen LogP contribution in [-0.4, -0.2) is 92.1 Å². The topological polar surface area (TPSA) is 59.1 Å². The standard InChI is InChI=1S/C30H57N5O2/c1-11-13-15-34-27(3,4)19-23(20-28(34,5)6)32-17-18-33(26(37)31-25(32)36)24-21-29(7,8)35(16-14-12-2)30(9,10)22-24/h23-24H,11-22H2,1-10H3,(H,31,36,37). The molecule has 7 nitrogen and oxygen atoms in total. The Morgan fingerprint density at radius 3 is 1.19 bits per heavy atom. The minimum absolute atomic E-state index is 0.00275. The first kappa shape index (κ1) is 30.2. The minimum atomic E-state index is -0.218. The van der Waals surface area contributed by atoms with Gasteiger partial charge in [-0.1, -0.05) is 26.7 Å². The number of urea groups is 2. The van der Waals surface area contributed by atoms with Gasteiger partial charge in [0.2, 0.25) is 0 Å². The number of rotatable bonds is 8. The molecule has 4 amide bonds. The van der Waals surface area contributed by atoms with Crippen LogP contribution >= 0.6 is 0 Å². The Morgan fingerprint density at radius 1 is 0.622 bits per heavy atom. The summed E-state index contributed by atoms with van der Waals surface area (Å²) in [6.07, 6.45) is 8.46. The van der Waals surface area contributed by atoms with E-state index in [1.165, 1.54) is 25.7 Å². The van der Waals surface area contributed by atoms with Gasteiger partial charge in [0.05, 0.1) is 0 Å². The van der Waals surface area contributed by atoms with E-state index >= 15 is 0 Å². The molecule has 3 aliphatic rings. The summed E-state index contributed by atoms with van der Waals surface area (Å²) < 4.78 is 0. The van der Waals surface area contributed by atoms with Gasteiger partial charge in [0.1, 0.15) is 0 Å². The van der Waals surface area contributed by atoms with Gasteiger partial charge >= 0.3 is 12.1 Å². The molecule has 3 fully saturated rings. The second-order valence-corrected chi connectivity index (χ2v) is 14.5. The van der Waals surface area contributed by atoms with E-state index in [2.05, 4.69) is 84.4 Å². The normalized spacial score (nSPS) is 27.3. The lowest BCUT2D eigenvalue weighted by molar-refractivity contribution is -0.0633. The van der Waals surface area contributed by atoms with E-state index in [-0.39, 0.29) is 46.3 Å². The van der Waals surface area contributed by atoms with Crippen molar-refractivity contribution in [1.29, 1.82) is 0 Å². The van der Waals surface area contributed by atoms with Crippen LogP contribution in [0.1, 0.15) is 121 Å². The van der Waals surface area contributed by atoms with Crippen LogP contribution in [0.15, 0.2) is 0 Å². The number of nitrogens with one attached hydrogen (secondary N) is 1. The fraction of sp³-hybridized carbons (Fsp3) is 0.933. The molecule has 0 radical (unpaired) electrons. The molecule has 0 spiro atoms. The van der Waals surface area contributed by atoms with Crippen LogP contribution in [0.5, 0.6) is 0 Å². The molecule has 0 aliphatic carbocycles. The largest absolute Gasteiger partial charge is 0.325 e. The van der Waals surface area contributed by atoms with E-state index < -0.39 is 0 Å². The molecule has 7 heteroatoms. The van der Waals surface area contributed by atoms with Crippen molar-refractivity contribution < 1.29 is 9.59 Å². The van der Waals surface area contributed by atoms with Crippen molar-refractivity contribution in [3.63, 3.8) is 0 Å². The maximum Gasteiger partial charge on any atom is 0.325 e. The first-order valence-electron chi connectivity index (χ1n) is 15.0. The van der Waals surface area contributed by atoms with Crippen LogP contribution in [0.3, 0.4) is 0 Å². The molecule has 0 aromatic heterocycles. The van der Waals surface area contributed by atoms with Crippen LogP contribution in [0, 0.1) is 0 Å². The number of carbonyl (C=O) groups is 2. The summed E-state index contributed by atoms with van der Waals surface area (Å²) in [5, 5.41) is 2.78. The molecule has 3 heterocycles. The molecule has 3 aliphatic heterocycles. The lowest BCUT2D eigenvalue weighted by Crippen LogP contribution is -2.65. The zero-order valence-corrected chi connectivity index (χ0v) is 25.7. The van der Waals surface area contributed by atoms with Gasteiger partial charge in [0, 0.05) is 47.3 Å². The van der Waals surface area contributed by atoms with Crippen LogP contribution in [0.2, 0.25) is 0 Å². The summed E-state index contributed by atoms with van der Waals surface area (Å²) in [7, 11) is 0. The molecule has 0 saturated carbocycles. The fourth-order valence-electron chi connectivity index (χ4n) is 8.16. The highest BCUT2D eigenvalue weighted by atomic mass is 16.2. The highest BCUT2D eigenvalue weighted by molar-refractivity contribution is 5.94. The van der Waals surface area contributed by atoms with Crippen molar-refractivity contribution in [2.24, 2.45) is 0 Å². The number of imide groups is 1. The molecule has 0 aromatic rings. The quantitative estimate of drug-likeness (QED) is 0.422. The Bertz CT molecular complexity index is 719. The van der Waals surface area contributed by atoms with E-state index in [0.29, 0.717) is 13.1 Å². The third-order valence-corrected chi connectivity index (χ3v) is 9.53. The Balaban J connectivity index is 1.76. The maximum absolute atomic E-state index is 13.4. The van der Waals surface area contributed by atoms with Gasteiger partial charge in [-0.05, 0) is 107 Å². The minimum Gasteiger partial charge on any atom is -0.320 e. The van der Waals surface area contributed by atoms with Crippen LogP contribution in [-0.2, 0) is 0 Å². The number of hydrogen-bond acceptors (Lipinski definition) is 4. The predicted octanol–water partition coefficient (Wildman–Crippen LogP) is 6.08. The predicted molar refractivity (Wildman–Crippen MR) is 153 cm³/mol. The second kappa shape index (κ2) is 11.0. The SMILES string of the molecule is CCCCN1C(C)(C)CC(N2CCN(C3CC(C)(C)N(CCCC)C(C)(C)C3)C(=O)NC2=O)CC1(C)C. The van der Waals surface area contributed by atoms with E-state index in [9.17, 15) is 9.59 Å². The van der Waals surface area contributed by atoms with E-state index in [4.69, 9.17) is 0 Å². The zero-order valence-electron chi connectivity index (χ0n) is 25.7. The van der Waals surface area contributed by atoms with Gasteiger partial charge in [-0.3, -0.25) is 15.1 Å². The summed E-state index contributed by atoms with van der Waals surface area (Å²) in [5.41, 5.74) is -0.0110. The number of hydrogen-bond donors (Lipinski definition) is 1. The lowest BCUT2D eigenvalue weighted by atomic mass is 9.76. The molecule has 37 heavy (non-hydrogen) atoms. The van der Waals surface area contributed by atoms with Crippen LogP contribution < -0.4 is 5.32 Å². The second-order valence-electron chi connectivity index (χ2n) is 14.5. The molecule has 0 atom stereocenters. The molecule has 1 N–H and O–H groups in total. The van der Waals surface area contributed by atoms with Gasteiger partial charge < -0.3 is 9.80 Å². The molecular formula is C30H57N5O2. The molecule has 214 valence electrons. The third kappa shape index (κ3) is 6.46. The number of carbonyl (C=O) groups excluding carboxylic acids is 2. The Hall–Kier alpha value is -1.34. The molecule has 0 unspecified atom stereocenters. The zero-order chi connectivity index (χ0) is 27.8. The van der Waals surface area contributed by atoms with Gasteiger partial charge in [-0.2, -0.15) is 0 Å². The van der Waals surface area contributed by atoms with E-state index in [1.807, 2.05) is 9.80 Å². The number of amides is 4. The smallest absolute Gasteiger partial charge is 0.320 e. The average molecular weight is 520 g/mol. The number of nitrogens with zero attached hydrogens (tertiary/aromatic N) is 4. The van der Waals surface area contributed by atoms with Gasteiger partial charge in [-0.15, -0.1) is 0 Å². The van der Waals surface area contributed by atoms with E-state index in [1.54, 1.807) is 0 Å². The summed E-state index contributed by atoms with van der Waals surface area (Å²) in [4.78, 5) is 36.0. The molecule has 0 aromatic carbocycles. The average Bonchev–Trinajstić information content (AvgIpc) is 2.88. The van der Waals surface area contributed by atoms with E-state index in [0.717, 1.165) is 38.8 Å². The van der Waals surface area contributed by atoms with Gasteiger partial charge in [-0.25, -0.2) is 9.59 Å². The van der Waals surface area contributed by atoms with Gasteiger partial charge in [0.25, 0.3) is 0 Å². The summed E-state index contributed by atoms with van der Waals surface area (Å²) in [6.45, 7) is 26.4. The van der Waals surface area contributed by atoms with Crippen molar-refractivity contribution in [1.82, 2.24) is 24.9 Å². The summed E-state index contributed by atoms with van der Waals surface area (Å²) in [5.74, 6) is 0. The van der Waals surface area contributed by atoms with Crippen molar-refractivity contribution >= 4 is 12.1 Å². The Kier molecular flexibility index (Phi) is 9.01. The number of unbranched alkanes of at least 4 members (excludes halogenated alkanes) is 2. The Labute approximate surface area is 227 Å².